The average Bonchev–Trinajstić information content (AvgIpc) is 2.82. The summed E-state index contributed by atoms with van der Waals surface area (Å²) in [7, 11) is 0. The van der Waals surface area contributed by atoms with Gasteiger partial charge in [0.25, 0.3) is 5.91 Å². The van der Waals surface area contributed by atoms with Crippen molar-refractivity contribution in [3.63, 3.8) is 0 Å². The van der Waals surface area contributed by atoms with E-state index < -0.39 is 5.82 Å². The third-order valence-electron chi connectivity index (χ3n) is 2.09. The Hall–Kier alpha value is -1.27. The standard InChI is InChI=1S/C11H8BrFN2OS/c12-10-2-1-7(13)3-9(10)11(16)14-4-8-5-17-6-15-8/h1-3,5-6H,4H2,(H,14,16). The maximum absolute atomic E-state index is 13.0. The zero-order valence-corrected chi connectivity index (χ0v) is 11.0. The van der Waals surface area contributed by atoms with Crippen molar-refractivity contribution in [3.8, 4) is 0 Å². The molecule has 1 amide bonds. The lowest BCUT2D eigenvalue weighted by Gasteiger charge is -2.05. The molecule has 1 N–H and O–H groups in total. The van der Waals surface area contributed by atoms with E-state index in [4.69, 9.17) is 0 Å². The van der Waals surface area contributed by atoms with Gasteiger partial charge in [0.2, 0.25) is 0 Å². The first-order valence-electron chi connectivity index (χ1n) is 4.77. The molecule has 1 heterocycles. The Kier molecular flexibility index (Phi) is 3.86. The molecule has 0 saturated heterocycles. The van der Waals surface area contributed by atoms with Crippen molar-refractivity contribution in [2.45, 2.75) is 6.54 Å². The Morgan fingerprint density at radius 2 is 2.35 bits per heavy atom. The van der Waals surface area contributed by atoms with Gasteiger partial charge in [-0.3, -0.25) is 4.79 Å². The first-order valence-corrected chi connectivity index (χ1v) is 6.50. The second-order valence-electron chi connectivity index (χ2n) is 3.29. The fraction of sp³-hybridized carbons (Fsp3) is 0.0909. The number of hydrogen-bond acceptors (Lipinski definition) is 3. The quantitative estimate of drug-likeness (QED) is 0.946. The predicted molar refractivity (Wildman–Crippen MR) is 67.4 cm³/mol. The number of thiazole rings is 1. The monoisotopic (exact) mass is 314 g/mol. The summed E-state index contributed by atoms with van der Waals surface area (Å²) in [4.78, 5) is 15.8. The third kappa shape index (κ3) is 3.10. The van der Waals surface area contributed by atoms with E-state index >= 15 is 0 Å². The average molecular weight is 315 g/mol. The van der Waals surface area contributed by atoms with Crippen LogP contribution >= 0.6 is 27.3 Å². The number of benzene rings is 1. The summed E-state index contributed by atoms with van der Waals surface area (Å²) in [6.07, 6.45) is 0. The Morgan fingerprint density at radius 3 is 3.06 bits per heavy atom. The minimum absolute atomic E-state index is 0.278. The molecule has 0 aliphatic rings. The van der Waals surface area contributed by atoms with Crippen molar-refractivity contribution in [1.82, 2.24) is 10.3 Å². The SMILES string of the molecule is O=C(NCc1cscn1)c1cc(F)ccc1Br. The molecule has 0 aliphatic heterocycles. The molecule has 2 rings (SSSR count). The van der Waals surface area contributed by atoms with Gasteiger partial charge in [-0.15, -0.1) is 11.3 Å². The number of aromatic nitrogens is 1. The van der Waals surface area contributed by atoms with Crippen LogP contribution in [0.15, 0.2) is 33.6 Å². The molecule has 0 saturated carbocycles. The first-order chi connectivity index (χ1) is 8.16. The molecule has 0 bridgehead atoms. The molecule has 6 heteroatoms. The van der Waals surface area contributed by atoms with Gasteiger partial charge in [-0.25, -0.2) is 9.37 Å². The lowest BCUT2D eigenvalue weighted by Crippen LogP contribution is -2.23. The molecule has 0 atom stereocenters. The van der Waals surface area contributed by atoms with E-state index in [-0.39, 0.29) is 11.5 Å². The molecule has 0 unspecified atom stereocenters. The van der Waals surface area contributed by atoms with Gasteiger partial charge in [-0.2, -0.15) is 0 Å². The maximum atomic E-state index is 13.0. The van der Waals surface area contributed by atoms with Gasteiger partial charge in [-0.1, -0.05) is 0 Å². The van der Waals surface area contributed by atoms with Crippen LogP contribution in [0.1, 0.15) is 16.1 Å². The summed E-state index contributed by atoms with van der Waals surface area (Å²) in [6, 6.07) is 3.99. The van der Waals surface area contributed by atoms with Crippen LogP contribution in [-0.2, 0) is 6.54 Å². The van der Waals surface area contributed by atoms with Crippen LogP contribution in [0.25, 0.3) is 0 Å². The molecular formula is C11H8BrFN2OS. The van der Waals surface area contributed by atoms with Crippen LogP contribution in [0.5, 0.6) is 0 Å². The highest BCUT2D eigenvalue weighted by molar-refractivity contribution is 9.10. The van der Waals surface area contributed by atoms with Gasteiger partial charge in [0.05, 0.1) is 23.3 Å². The smallest absolute Gasteiger partial charge is 0.252 e. The van der Waals surface area contributed by atoms with E-state index in [0.717, 1.165) is 5.69 Å². The summed E-state index contributed by atoms with van der Waals surface area (Å²) in [5.74, 6) is -0.767. The van der Waals surface area contributed by atoms with Crippen LogP contribution in [0.2, 0.25) is 0 Å². The Balaban J connectivity index is 2.07. The van der Waals surface area contributed by atoms with Gasteiger partial charge >= 0.3 is 0 Å². The summed E-state index contributed by atoms with van der Waals surface area (Å²) in [5, 5.41) is 4.53. The van der Waals surface area contributed by atoms with Gasteiger partial charge < -0.3 is 5.32 Å². The highest BCUT2D eigenvalue weighted by atomic mass is 79.9. The Bertz CT molecular complexity index is 530. The second-order valence-corrected chi connectivity index (χ2v) is 4.86. The highest BCUT2D eigenvalue weighted by Gasteiger charge is 2.11. The molecule has 0 aliphatic carbocycles. The van der Waals surface area contributed by atoms with Crippen molar-refractivity contribution >= 4 is 33.2 Å². The first kappa shape index (κ1) is 12.2. The number of nitrogens with one attached hydrogen (secondary N) is 1. The van der Waals surface area contributed by atoms with Gasteiger partial charge in [0.1, 0.15) is 5.82 Å². The topological polar surface area (TPSA) is 42.0 Å². The highest BCUT2D eigenvalue weighted by Crippen LogP contribution is 2.17. The van der Waals surface area contributed by atoms with E-state index in [0.29, 0.717) is 11.0 Å². The molecule has 3 nitrogen and oxygen atoms in total. The van der Waals surface area contributed by atoms with E-state index in [1.165, 1.54) is 29.5 Å². The number of rotatable bonds is 3. The molecule has 0 spiro atoms. The fourth-order valence-corrected chi connectivity index (χ4v) is 2.25. The summed E-state index contributed by atoms with van der Waals surface area (Å²) in [5.41, 5.74) is 2.76. The zero-order chi connectivity index (χ0) is 12.3. The normalized spacial score (nSPS) is 10.2. The van der Waals surface area contributed by atoms with Crippen LogP contribution < -0.4 is 5.32 Å². The largest absolute Gasteiger partial charge is 0.346 e. The van der Waals surface area contributed by atoms with Crippen LogP contribution in [0.4, 0.5) is 4.39 Å². The summed E-state index contributed by atoms with van der Waals surface area (Å²) in [6.45, 7) is 0.339. The number of hydrogen-bond donors (Lipinski definition) is 1. The molecular weight excluding hydrogens is 307 g/mol. The lowest BCUT2D eigenvalue weighted by atomic mass is 10.2. The van der Waals surface area contributed by atoms with Crippen molar-refractivity contribution in [1.29, 1.82) is 0 Å². The van der Waals surface area contributed by atoms with Crippen LogP contribution in [0.3, 0.4) is 0 Å². The zero-order valence-electron chi connectivity index (χ0n) is 8.61. The number of carbonyl (C=O) groups is 1. The second kappa shape index (κ2) is 5.37. The molecule has 88 valence electrons. The van der Waals surface area contributed by atoms with Crippen molar-refractivity contribution in [2.24, 2.45) is 0 Å². The van der Waals surface area contributed by atoms with Crippen LogP contribution in [0, 0.1) is 5.82 Å². The Morgan fingerprint density at radius 1 is 1.53 bits per heavy atom. The summed E-state index contributed by atoms with van der Waals surface area (Å²) < 4.78 is 13.6. The van der Waals surface area contributed by atoms with E-state index in [2.05, 4.69) is 26.2 Å². The summed E-state index contributed by atoms with van der Waals surface area (Å²) >= 11 is 4.67. The van der Waals surface area contributed by atoms with Crippen LogP contribution in [-0.4, -0.2) is 10.9 Å². The number of carbonyl (C=O) groups excluding carboxylic acids is 1. The van der Waals surface area contributed by atoms with E-state index in [9.17, 15) is 9.18 Å². The minimum Gasteiger partial charge on any atom is -0.346 e. The van der Waals surface area contributed by atoms with Gasteiger partial charge in [-0.05, 0) is 34.1 Å². The maximum Gasteiger partial charge on any atom is 0.252 e. The Labute approximate surface area is 110 Å². The van der Waals surface area contributed by atoms with Gasteiger partial charge in [0, 0.05) is 9.85 Å². The number of amides is 1. The predicted octanol–water partition coefficient (Wildman–Crippen LogP) is 2.97. The van der Waals surface area contributed by atoms with E-state index in [1.807, 2.05) is 5.38 Å². The van der Waals surface area contributed by atoms with Crippen molar-refractivity contribution in [2.75, 3.05) is 0 Å². The van der Waals surface area contributed by atoms with E-state index in [1.54, 1.807) is 5.51 Å². The molecule has 17 heavy (non-hydrogen) atoms. The number of halogens is 2. The van der Waals surface area contributed by atoms with Crippen molar-refractivity contribution < 1.29 is 9.18 Å². The molecule has 0 fully saturated rings. The molecule has 2 aromatic rings. The third-order valence-corrected chi connectivity index (χ3v) is 3.41. The minimum atomic E-state index is -0.438. The van der Waals surface area contributed by atoms with Crippen molar-refractivity contribution in [3.05, 3.63) is 50.6 Å². The van der Waals surface area contributed by atoms with Gasteiger partial charge in [0.15, 0.2) is 0 Å². The molecule has 0 radical (unpaired) electrons. The molecule has 1 aromatic carbocycles. The fourth-order valence-electron chi connectivity index (χ4n) is 1.26. The molecule has 1 aromatic heterocycles. The number of nitrogens with zero attached hydrogens (tertiary/aromatic N) is 1. The lowest BCUT2D eigenvalue weighted by molar-refractivity contribution is 0.0949.